The molecule has 2 fully saturated rings. The quantitative estimate of drug-likeness (QED) is 0.836. The van der Waals surface area contributed by atoms with Crippen LogP contribution in [0.1, 0.15) is 50.2 Å². The van der Waals surface area contributed by atoms with Crippen molar-refractivity contribution in [2.45, 2.75) is 63.8 Å². The second kappa shape index (κ2) is 6.49. The summed E-state index contributed by atoms with van der Waals surface area (Å²) in [7, 11) is 0. The number of nitrogens with zero attached hydrogens (tertiary/aromatic N) is 1. The number of hydrogen-bond donors (Lipinski definition) is 0. The zero-order valence-electron chi connectivity index (χ0n) is 14.5. The Morgan fingerprint density at radius 2 is 1.83 bits per heavy atom. The average Bonchev–Trinajstić information content (AvgIpc) is 3.05. The molecule has 1 atom stereocenters. The molecule has 1 aromatic carbocycles. The fourth-order valence-electron chi connectivity index (χ4n) is 4.48. The third kappa shape index (κ3) is 3.09. The molecule has 2 aliphatic heterocycles. The van der Waals surface area contributed by atoms with Gasteiger partial charge in [0.05, 0.1) is 13.2 Å². The van der Waals surface area contributed by atoms with E-state index in [1.807, 2.05) is 0 Å². The molecule has 130 valence electrons. The van der Waals surface area contributed by atoms with E-state index in [0.29, 0.717) is 37.5 Å². The Morgan fingerprint density at radius 1 is 1.17 bits per heavy atom. The summed E-state index contributed by atoms with van der Waals surface area (Å²) in [5, 5.41) is 0. The highest BCUT2D eigenvalue weighted by molar-refractivity contribution is 5.77. The summed E-state index contributed by atoms with van der Waals surface area (Å²) < 4.78 is 11.6. The highest BCUT2D eigenvalue weighted by Crippen LogP contribution is 2.39. The van der Waals surface area contributed by atoms with Crippen LogP contribution in [-0.4, -0.2) is 35.8 Å². The van der Waals surface area contributed by atoms with Gasteiger partial charge in [-0.25, -0.2) is 0 Å². The maximum absolute atomic E-state index is 12.9. The molecule has 0 bridgehead atoms. The molecular weight excluding hydrogens is 302 g/mol. The van der Waals surface area contributed by atoms with Crippen molar-refractivity contribution < 1.29 is 14.3 Å². The maximum atomic E-state index is 12.9. The Bertz CT molecular complexity index is 599. The Balaban J connectivity index is 1.35. The lowest BCUT2D eigenvalue weighted by molar-refractivity contribution is -0.183. The highest BCUT2D eigenvalue weighted by atomic mass is 16.7. The van der Waals surface area contributed by atoms with Gasteiger partial charge >= 0.3 is 0 Å². The Labute approximate surface area is 144 Å². The van der Waals surface area contributed by atoms with Gasteiger partial charge in [0, 0.05) is 31.8 Å². The van der Waals surface area contributed by atoms with E-state index in [0.717, 1.165) is 38.6 Å². The van der Waals surface area contributed by atoms with E-state index in [4.69, 9.17) is 9.47 Å². The average molecular weight is 329 g/mol. The second-order valence-corrected chi connectivity index (χ2v) is 7.60. The molecule has 4 nitrogen and oxygen atoms in total. The van der Waals surface area contributed by atoms with Crippen LogP contribution in [0.3, 0.4) is 0 Å². The van der Waals surface area contributed by atoms with Gasteiger partial charge in [0.1, 0.15) is 0 Å². The van der Waals surface area contributed by atoms with Gasteiger partial charge in [0.2, 0.25) is 5.91 Å². The van der Waals surface area contributed by atoms with Crippen LogP contribution < -0.4 is 0 Å². The van der Waals surface area contributed by atoms with Gasteiger partial charge in [-0.1, -0.05) is 24.3 Å². The molecule has 2 heterocycles. The standard InChI is InChI=1S/C20H27NO3/c1-15-12-17-4-2-3-5-18(17)14-21(15)19(22)13-16-6-8-20(9-7-16)23-10-11-24-20/h2-5,15-16H,6-14H2,1H3/t15-/m0/s1. The number of amides is 1. The van der Waals surface area contributed by atoms with Gasteiger partial charge in [-0.3, -0.25) is 4.79 Å². The predicted octanol–water partition coefficient (Wildman–Crippen LogP) is 3.28. The van der Waals surface area contributed by atoms with Crippen molar-refractivity contribution in [2.75, 3.05) is 13.2 Å². The van der Waals surface area contributed by atoms with E-state index in [-0.39, 0.29) is 5.79 Å². The monoisotopic (exact) mass is 329 g/mol. The van der Waals surface area contributed by atoms with Crippen molar-refractivity contribution in [3.8, 4) is 0 Å². The first kappa shape index (κ1) is 16.1. The molecule has 0 N–H and O–H groups in total. The number of rotatable bonds is 2. The number of hydrogen-bond acceptors (Lipinski definition) is 3. The van der Waals surface area contributed by atoms with Crippen LogP contribution in [0.2, 0.25) is 0 Å². The number of ether oxygens (including phenoxy) is 2. The summed E-state index contributed by atoms with van der Waals surface area (Å²) in [5.41, 5.74) is 2.70. The largest absolute Gasteiger partial charge is 0.348 e. The summed E-state index contributed by atoms with van der Waals surface area (Å²) in [6.07, 6.45) is 5.57. The van der Waals surface area contributed by atoms with Gasteiger partial charge in [-0.2, -0.15) is 0 Å². The molecule has 4 heteroatoms. The summed E-state index contributed by atoms with van der Waals surface area (Å²) in [6.45, 7) is 4.37. The molecule has 1 amide bonds. The van der Waals surface area contributed by atoms with Crippen LogP contribution in [0.15, 0.2) is 24.3 Å². The minimum absolute atomic E-state index is 0.295. The van der Waals surface area contributed by atoms with E-state index in [1.54, 1.807) is 0 Å². The topological polar surface area (TPSA) is 38.8 Å². The summed E-state index contributed by atoms with van der Waals surface area (Å²) in [4.78, 5) is 14.9. The zero-order valence-corrected chi connectivity index (χ0v) is 14.5. The first-order valence-electron chi connectivity index (χ1n) is 9.29. The summed E-state index contributed by atoms with van der Waals surface area (Å²) in [5.74, 6) is 0.461. The molecule has 3 aliphatic rings. The van der Waals surface area contributed by atoms with Gasteiger partial charge in [-0.15, -0.1) is 0 Å². The lowest BCUT2D eigenvalue weighted by Crippen LogP contribution is -2.44. The first-order valence-corrected chi connectivity index (χ1v) is 9.29. The number of benzene rings is 1. The minimum atomic E-state index is -0.323. The fraction of sp³-hybridized carbons (Fsp3) is 0.650. The van der Waals surface area contributed by atoms with Crippen LogP contribution in [-0.2, 0) is 27.2 Å². The Kier molecular flexibility index (Phi) is 4.35. The van der Waals surface area contributed by atoms with Crippen LogP contribution in [0.25, 0.3) is 0 Å². The fourth-order valence-corrected chi connectivity index (χ4v) is 4.48. The molecule has 1 aromatic rings. The molecule has 4 rings (SSSR count). The highest BCUT2D eigenvalue weighted by Gasteiger charge is 2.41. The molecule has 0 aromatic heterocycles. The van der Waals surface area contributed by atoms with Crippen molar-refractivity contribution in [1.82, 2.24) is 4.90 Å². The number of fused-ring (bicyclic) bond motifs is 1. The number of carbonyl (C=O) groups excluding carboxylic acids is 1. The molecule has 0 radical (unpaired) electrons. The van der Waals surface area contributed by atoms with Gasteiger partial charge < -0.3 is 14.4 Å². The molecule has 1 saturated carbocycles. The van der Waals surface area contributed by atoms with Gasteiger partial charge in [0.15, 0.2) is 5.79 Å². The molecule has 1 saturated heterocycles. The molecule has 24 heavy (non-hydrogen) atoms. The van der Waals surface area contributed by atoms with E-state index in [2.05, 4.69) is 36.1 Å². The number of carbonyl (C=O) groups is 1. The predicted molar refractivity (Wildman–Crippen MR) is 91.4 cm³/mol. The van der Waals surface area contributed by atoms with E-state index in [9.17, 15) is 4.79 Å². The van der Waals surface area contributed by atoms with E-state index in [1.165, 1.54) is 11.1 Å². The smallest absolute Gasteiger partial charge is 0.223 e. The molecule has 0 unspecified atom stereocenters. The SMILES string of the molecule is C[C@H]1Cc2ccccc2CN1C(=O)CC1CCC2(CC1)OCCO2. The summed E-state index contributed by atoms with van der Waals surface area (Å²) >= 11 is 0. The third-order valence-electron chi connectivity index (χ3n) is 5.97. The molecular formula is C20H27NO3. The summed E-state index contributed by atoms with van der Waals surface area (Å²) in [6, 6.07) is 8.80. The lowest BCUT2D eigenvalue weighted by atomic mass is 9.82. The van der Waals surface area contributed by atoms with Crippen molar-refractivity contribution in [1.29, 1.82) is 0 Å². The van der Waals surface area contributed by atoms with Crippen LogP contribution in [0.5, 0.6) is 0 Å². The van der Waals surface area contributed by atoms with Crippen molar-refractivity contribution >= 4 is 5.91 Å². The zero-order chi connectivity index (χ0) is 16.6. The minimum Gasteiger partial charge on any atom is -0.348 e. The van der Waals surface area contributed by atoms with Gasteiger partial charge in [0.25, 0.3) is 0 Å². The van der Waals surface area contributed by atoms with E-state index >= 15 is 0 Å². The van der Waals surface area contributed by atoms with Crippen molar-refractivity contribution in [3.05, 3.63) is 35.4 Å². The Morgan fingerprint density at radius 3 is 2.54 bits per heavy atom. The van der Waals surface area contributed by atoms with Crippen molar-refractivity contribution in [2.24, 2.45) is 5.92 Å². The van der Waals surface area contributed by atoms with Crippen LogP contribution in [0, 0.1) is 5.92 Å². The first-order chi connectivity index (χ1) is 11.7. The third-order valence-corrected chi connectivity index (χ3v) is 5.97. The van der Waals surface area contributed by atoms with Gasteiger partial charge in [-0.05, 0) is 43.2 Å². The maximum Gasteiger partial charge on any atom is 0.223 e. The lowest BCUT2D eigenvalue weighted by Gasteiger charge is -2.38. The van der Waals surface area contributed by atoms with Crippen molar-refractivity contribution in [3.63, 3.8) is 0 Å². The molecule has 1 aliphatic carbocycles. The molecule has 1 spiro atoms. The Hall–Kier alpha value is -1.39. The van der Waals surface area contributed by atoms with Crippen LogP contribution in [0.4, 0.5) is 0 Å². The second-order valence-electron chi connectivity index (χ2n) is 7.60. The van der Waals surface area contributed by atoms with Crippen LogP contribution >= 0.6 is 0 Å². The van der Waals surface area contributed by atoms with E-state index < -0.39 is 0 Å². The normalized spacial score (nSPS) is 26.5.